The maximum atomic E-state index is 12.5. The summed E-state index contributed by atoms with van der Waals surface area (Å²) < 4.78 is 0. The highest BCUT2D eigenvalue weighted by Crippen LogP contribution is 2.11. The molecule has 5 nitrogen and oxygen atoms in total. The molecule has 0 aliphatic rings. The Balaban J connectivity index is 3.03. The number of rotatable bonds is 4. The summed E-state index contributed by atoms with van der Waals surface area (Å²) in [7, 11) is 1.54. The number of likely N-dealkylation sites (N-methyl/N-ethyl adjacent to an activating group) is 2. The average Bonchev–Trinajstić information content (AvgIpc) is 2.49. The lowest BCUT2D eigenvalue weighted by Gasteiger charge is -2.20. The molecule has 0 spiro atoms. The van der Waals surface area contributed by atoms with E-state index in [1.54, 1.807) is 25.2 Å². The molecule has 0 saturated carbocycles. The fourth-order valence-electron chi connectivity index (χ4n) is 1.67. The molecule has 0 fully saturated rings. The van der Waals surface area contributed by atoms with Crippen LogP contribution in [-0.4, -0.2) is 43.4 Å². The second kappa shape index (κ2) is 7.97. The molecule has 0 atom stereocenters. The first-order valence-electron chi connectivity index (χ1n) is 6.41. The van der Waals surface area contributed by atoms with Crippen LogP contribution in [0, 0.1) is 11.8 Å². The van der Waals surface area contributed by atoms with Gasteiger partial charge in [-0.1, -0.05) is 24.0 Å². The number of nitrogens with two attached hydrogens (primary N) is 1. The number of nitrogens with zero attached hydrogens (tertiary/aromatic N) is 1. The van der Waals surface area contributed by atoms with Crippen molar-refractivity contribution in [3.8, 4) is 11.8 Å². The van der Waals surface area contributed by atoms with Gasteiger partial charge in [0, 0.05) is 19.2 Å². The third-order valence-corrected chi connectivity index (χ3v) is 2.76. The van der Waals surface area contributed by atoms with Crippen molar-refractivity contribution in [2.45, 2.75) is 6.92 Å². The average molecular weight is 273 g/mol. The third kappa shape index (κ3) is 4.11. The van der Waals surface area contributed by atoms with Gasteiger partial charge in [0.15, 0.2) is 0 Å². The Labute approximate surface area is 119 Å². The lowest BCUT2D eigenvalue weighted by atomic mass is 10.1. The topological polar surface area (TPSA) is 75.4 Å². The van der Waals surface area contributed by atoms with Crippen LogP contribution in [0.5, 0.6) is 0 Å². The first-order chi connectivity index (χ1) is 9.63. The summed E-state index contributed by atoms with van der Waals surface area (Å²) in [5.41, 5.74) is 6.46. The van der Waals surface area contributed by atoms with Crippen molar-refractivity contribution in [1.82, 2.24) is 10.2 Å². The molecule has 0 heterocycles. The molecule has 0 aliphatic carbocycles. The van der Waals surface area contributed by atoms with Gasteiger partial charge >= 0.3 is 0 Å². The zero-order valence-electron chi connectivity index (χ0n) is 11.8. The Morgan fingerprint density at radius 3 is 2.65 bits per heavy atom. The number of carbonyl (C=O) groups is 2. The van der Waals surface area contributed by atoms with Crippen LogP contribution in [0.4, 0.5) is 0 Å². The van der Waals surface area contributed by atoms with E-state index in [2.05, 4.69) is 17.2 Å². The van der Waals surface area contributed by atoms with Gasteiger partial charge in [-0.2, -0.15) is 0 Å². The van der Waals surface area contributed by atoms with Crippen molar-refractivity contribution in [2.75, 3.05) is 26.7 Å². The fraction of sp³-hybridized carbons (Fsp3) is 0.333. The summed E-state index contributed by atoms with van der Waals surface area (Å²) in [6.45, 7) is 2.54. The molecular weight excluding hydrogens is 254 g/mol. The van der Waals surface area contributed by atoms with E-state index in [0.717, 1.165) is 0 Å². The third-order valence-electron chi connectivity index (χ3n) is 2.76. The van der Waals surface area contributed by atoms with Gasteiger partial charge in [-0.3, -0.25) is 9.59 Å². The summed E-state index contributed by atoms with van der Waals surface area (Å²) in [5.74, 6) is 5.20. The molecule has 106 valence electrons. The molecule has 0 saturated heterocycles. The molecule has 1 aromatic carbocycles. The van der Waals surface area contributed by atoms with E-state index in [9.17, 15) is 9.59 Å². The van der Waals surface area contributed by atoms with Gasteiger partial charge in [-0.15, -0.1) is 0 Å². The SMILES string of the molecule is CCN(CC(=O)NC)C(=O)c1ccccc1C#CCN. The fourth-order valence-corrected chi connectivity index (χ4v) is 1.67. The summed E-state index contributed by atoms with van der Waals surface area (Å²) in [5, 5.41) is 2.51. The molecule has 20 heavy (non-hydrogen) atoms. The monoisotopic (exact) mass is 273 g/mol. The van der Waals surface area contributed by atoms with E-state index in [1.807, 2.05) is 13.0 Å². The summed E-state index contributed by atoms with van der Waals surface area (Å²) in [6.07, 6.45) is 0. The van der Waals surface area contributed by atoms with Crippen molar-refractivity contribution in [1.29, 1.82) is 0 Å². The maximum Gasteiger partial charge on any atom is 0.255 e. The first-order valence-corrected chi connectivity index (χ1v) is 6.41. The van der Waals surface area contributed by atoms with Crippen LogP contribution in [0.2, 0.25) is 0 Å². The van der Waals surface area contributed by atoms with Crippen LogP contribution in [0.15, 0.2) is 24.3 Å². The molecule has 1 rings (SSSR count). The number of hydrogen-bond donors (Lipinski definition) is 2. The van der Waals surface area contributed by atoms with Gasteiger partial charge in [0.25, 0.3) is 5.91 Å². The molecule has 0 radical (unpaired) electrons. The minimum Gasteiger partial charge on any atom is -0.358 e. The molecule has 0 aromatic heterocycles. The van der Waals surface area contributed by atoms with Crippen molar-refractivity contribution in [3.63, 3.8) is 0 Å². The second-order valence-electron chi connectivity index (χ2n) is 4.04. The van der Waals surface area contributed by atoms with Crippen LogP contribution in [0.1, 0.15) is 22.8 Å². The Morgan fingerprint density at radius 1 is 1.35 bits per heavy atom. The molecule has 0 bridgehead atoms. The number of hydrogen-bond acceptors (Lipinski definition) is 3. The zero-order valence-corrected chi connectivity index (χ0v) is 11.8. The predicted octanol–water partition coefficient (Wildman–Crippen LogP) is 0.205. The molecule has 1 aromatic rings. The van der Waals surface area contributed by atoms with Crippen molar-refractivity contribution < 1.29 is 9.59 Å². The van der Waals surface area contributed by atoms with E-state index in [4.69, 9.17) is 5.73 Å². The molecule has 3 N–H and O–H groups in total. The molecule has 0 aliphatic heterocycles. The Hall–Kier alpha value is -2.32. The number of amides is 2. The second-order valence-corrected chi connectivity index (χ2v) is 4.04. The van der Waals surface area contributed by atoms with Gasteiger partial charge in [0.1, 0.15) is 0 Å². The minimum absolute atomic E-state index is 0.0322. The van der Waals surface area contributed by atoms with Crippen LogP contribution < -0.4 is 11.1 Å². The quantitative estimate of drug-likeness (QED) is 0.770. The normalized spacial score (nSPS) is 9.35. The Bertz CT molecular complexity index is 544. The molecule has 0 unspecified atom stereocenters. The zero-order chi connectivity index (χ0) is 15.0. The minimum atomic E-state index is -0.210. The summed E-state index contributed by atoms with van der Waals surface area (Å²) in [4.78, 5) is 25.4. The Morgan fingerprint density at radius 2 is 2.05 bits per heavy atom. The standard InChI is InChI=1S/C15H19N3O2/c1-3-18(11-14(19)17-2)15(20)13-9-5-4-7-12(13)8-6-10-16/h4-5,7,9H,3,10-11,16H2,1-2H3,(H,17,19). The van der Waals surface area contributed by atoms with E-state index in [-0.39, 0.29) is 24.9 Å². The first kappa shape index (κ1) is 15.7. The van der Waals surface area contributed by atoms with E-state index in [1.165, 1.54) is 4.90 Å². The maximum absolute atomic E-state index is 12.5. The molecule has 2 amide bonds. The van der Waals surface area contributed by atoms with Crippen LogP contribution in [0.3, 0.4) is 0 Å². The highest BCUT2D eigenvalue weighted by Gasteiger charge is 2.18. The van der Waals surface area contributed by atoms with Gasteiger partial charge in [0.05, 0.1) is 18.7 Å². The van der Waals surface area contributed by atoms with Crippen LogP contribution in [0.25, 0.3) is 0 Å². The van der Waals surface area contributed by atoms with E-state index in [0.29, 0.717) is 17.7 Å². The van der Waals surface area contributed by atoms with Crippen LogP contribution >= 0.6 is 0 Å². The summed E-state index contributed by atoms with van der Waals surface area (Å²) in [6, 6.07) is 7.06. The van der Waals surface area contributed by atoms with Gasteiger partial charge in [-0.25, -0.2) is 0 Å². The molecular formula is C15H19N3O2. The van der Waals surface area contributed by atoms with Gasteiger partial charge < -0.3 is 16.0 Å². The Kier molecular flexibility index (Phi) is 6.27. The lowest BCUT2D eigenvalue weighted by molar-refractivity contribution is -0.121. The largest absolute Gasteiger partial charge is 0.358 e. The van der Waals surface area contributed by atoms with Crippen molar-refractivity contribution in [2.24, 2.45) is 5.73 Å². The lowest BCUT2D eigenvalue weighted by Crippen LogP contribution is -2.39. The summed E-state index contributed by atoms with van der Waals surface area (Å²) >= 11 is 0. The molecule has 5 heteroatoms. The van der Waals surface area contributed by atoms with E-state index >= 15 is 0 Å². The van der Waals surface area contributed by atoms with Crippen molar-refractivity contribution >= 4 is 11.8 Å². The smallest absolute Gasteiger partial charge is 0.255 e. The highest BCUT2D eigenvalue weighted by molar-refractivity contribution is 5.98. The predicted molar refractivity (Wildman–Crippen MR) is 78.0 cm³/mol. The van der Waals surface area contributed by atoms with Gasteiger partial charge in [0.2, 0.25) is 5.91 Å². The highest BCUT2D eigenvalue weighted by atomic mass is 16.2. The number of carbonyl (C=O) groups excluding carboxylic acids is 2. The number of nitrogens with one attached hydrogen (secondary N) is 1. The van der Waals surface area contributed by atoms with E-state index < -0.39 is 0 Å². The van der Waals surface area contributed by atoms with Crippen molar-refractivity contribution in [3.05, 3.63) is 35.4 Å². The van der Waals surface area contributed by atoms with Gasteiger partial charge in [-0.05, 0) is 19.1 Å². The van der Waals surface area contributed by atoms with Crippen LogP contribution in [-0.2, 0) is 4.79 Å². The number of benzene rings is 1.